The number of rotatable bonds is 8. The minimum absolute atomic E-state index is 0.0185. The maximum atomic E-state index is 12.8. The minimum Gasteiger partial charge on any atom is -0.494 e. The van der Waals surface area contributed by atoms with Crippen LogP contribution in [0.5, 0.6) is 5.75 Å². The van der Waals surface area contributed by atoms with Crippen LogP contribution in [0.25, 0.3) is 11.0 Å². The summed E-state index contributed by atoms with van der Waals surface area (Å²) >= 11 is 0. The van der Waals surface area contributed by atoms with Crippen LogP contribution in [0.15, 0.2) is 47.3 Å². The first-order valence-corrected chi connectivity index (χ1v) is 11.5. The van der Waals surface area contributed by atoms with E-state index in [9.17, 15) is 9.59 Å². The summed E-state index contributed by atoms with van der Waals surface area (Å²) in [7, 11) is 0. The highest BCUT2D eigenvalue weighted by Gasteiger charge is 2.26. The number of nitrogens with zero attached hydrogens (tertiary/aromatic N) is 1. The SMILES string of the molecule is CCOc1ccc(CCC2CCN(C(C)C(=O)Nc3ccc4[nH]c(=O)[nH]c4c3)CC2)cc1. The highest BCUT2D eigenvalue weighted by atomic mass is 16.5. The number of aryl methyl sites for hydroxylation is 1. The number of H-pyrrole nitrogens is 2. The smallest absolute Gasteiger partial charge is 0.323 e. The number of likely N-dealkylation sites (tertiary alicyclic amines) is 1. The zero-order valence-corrected chi connectivity index (χ0v) is 18.8. The zero-order chi connectivity index (χ0) is 22.5. The molecule has 7 heteroatoms. The first-order chi connectivity index (χ1) is 15.5. The predicted octanol–water partition coefficient (Wildman–Crippen LogP) is 3.93. The Balaban J connectivity index is 1.23. The predicted molar refractivity (Wildman–Crippen MR) is 127 cm³/mol. The molecule has 0 saturated carbocycles. The number of hydrogen-bond acceptors (Lipinski definition) is 4. The lowest BCUT2D eigenvalue weighted by Gasteiger charge is -2.35. The van der Waals surface area contributed by atoms with Gasteiger partial charge in [-0.05, 0) is 94.4 Å². The number of carbonyl (C=O) groups excluding carboxylic acids is 1. The summed E-state index contributed by atoms with van der Waals surface area (Å²) in [5.74, 6) is 1.61. The molecule has 1 aliphatic rings. The summed E-state index contributed by atoms with van der Waals surface area (Å²) in [5, 5.41) is 2.98. The number of benzene rings is 2. The van der Waals surface area contributed by atoms with Gasteiger partial charge in [-0.3, -0.25) is 9.69 Å². The fourth-order valence-electron chi connectivity index (χ4n) is 4.44. The van der Waals surface area contributed by atoms with Crippen molar-refractivity contribution in [3.8, 4) is 5.75 Å². The number of imidazole rings is 1. The monoisotopic (exact) mass is 436 g/mol. The lowest BCUT2D eigenvalue weighted by Crippen LogP contribution is -2.46. The molecule has 170 valence electrons. The number of aromatic nitrogens is 2. The van der Waals surface area contributed by atoms with Crippen LogP contribution in [0.2, 0.25) is 0 Å². The normalized spacial score (nSPS) is 16.2. The molecule has 2 aromatic carbocycles. The van der Waals surface area contributed by atoms with Gasteiger partial charge >= 0.3 is 5.69 Å². The van der Waals surface area contributed by atoms with Crippen LogP contribution in [-0.4, -0.2) is 46.5 Å². The molecule has 0 spiro atoms. The standard InChI is InChI=1S/C25H32N4O3/c1-3-32-21-9-6-18(7-10-21)4-5-19-12-14-29(15-13-19)17(2)24(30)26-20-8-11-22-23(16-20)28-25(31)27-22/h6-11,16-17,19H,3-5,12-15H2,1-2H3,(H,26,30)(H2,27,28,31). The molecule has 1 aromatic heterocycles. The Labute approximate surface area is 188 Å². The Morgan fingerprint density at radius 3 is 2.56 bits per heavy atom. The lowest BCUT2D eigenvalue weighted by molar-refractivity contribution is -0.121. The van der Waals surface area contributed by atoms with E-state index in [4.69, 9.17) is 4.74 Å². The van der Waals surface area contributed by atoms with Gasteiger partial charge in [-0.25, -0.2) is 4.79 Å². The van der Waals surface area contributed by atoms with Crippen molar-refractivity contribution >= 4 is 22.6 Å². The van der Waals surface area contributed by atoms with Crippen LogP contribution in [0.4, 0.5) is 5.69 Å². The number of anilines is 1. The third-order valence-electron chi connectivity index (χ3n) is 6.44. The van der Waals surface area contributed by atoms with Crippen LogP contribution in [0.3, 0.4) is 0 Å². The number of piperidine rings is 1. The van der Waals surface area contributed by atoms with Gasteiger partial charge in [0.25, 0.3) is 0 Å². The van der Waals surface area contributed by atoms with Gasteiger partial charge in [-0.15, -0.1) is 0 Å². The molecule has 1 saturated heterocycles. The molecular weight excluding hydrogens is 404 g/mol. The molecule has 0 radical (unpaired) electrons. The summed E-state index contributed by atoms with van der Waals surface area (Å²) in [4.78, 5) is 31.9. The van der Waals surface area contributed by atoms with Gasteiger partial charge < -0.3 is 20.0 Å². The van der Waals surface area contributed by atoms with E-state index in [1.54, 1.807) is 12.1 Å². The number of aromatic amines is 2. The van der Waals surface area contributed by atoms with Crippen LogP contribution in [0, 0.1) is 5.92 Å². The number of nitrogens with one attached hydrogen (secondary N) is 3. The molecule has 2 heterocycles. The molecule has 1 unspecified atom stereocenters. The molecule has 1 atom stereocenters. The molecule has 32 heavy (non-hydrogen) atoms. The summed E-state index contributed by atoms with van der Waals surface area (Å²) in [5.41, 5.74) is 3.21. The average molecular weight is 437 g/mol. The number of ether oxygens (including phenoxy) is 1. The van der Waals surface area contributed by atoms with E-state index in [2.05, 4.69) is 32.3 Å². The molecule has 0 bridgehead atoms. The summed E-state index contributed by atoms with van der Waals surface area (Å²) < 4.78 is 5.51. The summed E-state index contributed by atoms with van der Waals surface area (Å²) in [6, 6.07) is 13.6. The Kier molecular flexibility index (Phi) is 6.95. The van der Waals surface area contributed by atoms with Crippen molar-refractivity contribution in [3.05, 3.63) is 58.5 Å². The van der Waals surface area contributed by atoms with E-state index in [1.807, 2.05) is 32.0 Å². The lowest BCUT2D eigenvalue weighted by atomic mass is 9.90. The highest BCUT2D eigenvalue weighted by molar-refractivity contribution is 5.96. The maximum absolute atomic E-state index is 12.8. The number of amides is 1. The third kappa shape index (κ3) is 5.40. The summed E-state index contributed by atoms with van der Waals surface area (Å²) in [6.45, 7) is 6.53. The topological polar surface area (TPSA) is 90.2 Å². The molecule has 3 aromatic rings. The van der Waals surface area contributed by atoms with E-state index in [-0.39, 0.29) is 17.6 Å². The zero-order valence-electron chi connectivity index (χ0n) is 18.8. The minimum atomic E-state index is -0.248. The molecule has 1 fully saturated rings. The van der Waals surface area contributed by atoms with E-state index >= 15 is 0 Å². The molecule has 1 aliphatic heterocycles. The summed E-state index contributed by atoms with van der Waals surface area (Å²) in [6.07, 6.45) is 4.49. The van der Waals surface area contributed by atoms with Crippen molar-refractivity contribution in [3.63, 3.8) is 0 Å². The van der Waals surface area contributed by atoms with E-state index < -0.39 is 0 Å². The van der Waals surface area contributed by atoms with Gasteiger partial charge in [0.05, 0.1) is 23.7 Å². The van der Waals surface area contributed by atoms with Crippen LogP contribution in [0.1, 0.15) is 38.7 Å². The second kappa shape index (κ2) is 10.0. The van der Waals surface area contributed by atoms with Gasteiger partial charge in [0.15, 0.2) is 0 Å². The van der Waals surface area contributed by atoms with Crippen molar-refractivity contribution in [2.75, 3.05) is 25.0 Å². The van der Waals surface area contributed by atoms with Gasteiger partial charge in [0, 0.05) is 5.69 Å². The first kappa shape index (κ1) is 22.1. The van der Waals surface area contributed by atoms with Crippen molar-refractivity contribution in [1.82, 2.24) is 14.9 Å². The van der Waals surface area contributed by atoms with E-state index in [0.717, 1.165) is 43.6 Å². The fourth-order valence-corrected chi connectivity index (χ4v) is 4.44. The Bertz CT molecular complexity index is 1090. The van der Waals surface area contributed by atoms with Gasteiger partial charge in [0.1, 0.15) is 5.75 Å². The Morgan fingerprint density at radius 1 is 1.12 bits per heavy atom. The average Bonchev–Trinajstić information content (AvgIpc) is 3.18. The molecule has 3 N–H and O–H groups in total. The quantitative estimate of drug-likeness (QED) is 0.499. The van der Waals surface area contributed by atoms with E-state index in [1.165, 1.54) is 12.0 Å². The first-order valence-electron chi connectivity index (χ1n) is 11.5. The molecule has 1 amide bonds. The number of hydrogen-bond donors (Lipinski definition) is 3. The van der Waals surface area contributed by atoms with Crippen LogP contribution < -0.4 is 15.7 Å². The Hall–Kier alpha value is -3.06. The largest absolute Gasteiger partial charge is 0.494 e. The van der Waals surface area contributed by atoms with Gasteiger partial charge in [-0.2, -0.15) is 0 Å². The maximum Gasteiger partial charge on any atom is 0.323 e. The van der Waals surface area contributed by atoms with Crippen molar-refractivity contribution < 1.29 is 9.53 Å². The Morgan fingerprint density at radius 2 is 1.84 bits per heavy atom. The fraction of sp³-hybridized carbons (Fsp3) is 0.440. The van der Waals surface area contributed by atoms with E-state index in [0.29, 0.717) is 23.7 Å². The van der Waals surface area contributed by atoms with Crippen molar-refractivity contribution in [1.29, 1.82) is 0 Å². The van der Waals surface area contributed by atoms with Crippen molar-refractivity contribution in [2.24, 2.45) is 5.92 Å². The van der Waals surface area contributed by atoms with Gasteiger partial charge in [-0.1, -0.05) is 12.1 Å². The number of fused-ring (bicyclic) bond motifs is 1. The second-order valence-electron chi connectivity index (χ2n) is 8.60. The third-order valence-corrected chi connectivity index (χ3v) is 6.44. The van der Waals surface area contributed by atoms with Crippen molar-refractivity contribution in [2.45, 2.75) is 45.6 Å². The van der Waals surface area contributed by atoms with Gasteiger partial charge in [0.2, 0.25) is 5.91 Å². The molecule has 7 nitrogen and oxygen atoms in total. The van der Waals surface area contributed by atoms with Crippen LogP contribution in [-0.2, 0) is 11.2 Å². The molecular formula is C25H32N4O3. The number of carbonyl (C=O) groups is 1. The highest BCUT2D eigenvalue weighted by Crippen LogP contribution is 2.25. The van der Waals surface area contributed by atoms with Crippen LogP contribution >= 0.6 is 0 Å². The molecule has 0 aliphatic carbocycles. The molecule has 4 rings (SSSR count). The second-order valence-corrected chi connectivity index (χ2v) is 8.60.